The van der Waals surface area contributed by atoms with E-state index in [1.54, 1.807) is 0 Å². The van der Waals surface area contributed by atoms with Gasteiger partial charge in [-0.3, -0.25) is 4.90 Å². The maximum Gasteiger partial charge on any atom is 0.320 e. The fraction of sp³-hybridized carbons (Fsp3) is 0.286. The minimum Gasteiger partial charge on any atom is -0.473 e. The fourth-order valence-electron chi connectivity index (χ4n) is 1.16. The number of hydrogen-bond acceptors (Lipinski definition) is 4. The van der Waals surface area contributed by atoms with Gasteiger partial charge in [0.2, 0.25) is 0 Å². The number of aromatic nitrogens is 2. The van der Waals surface area contributed by atoms with Crippen molar-refractivity contribution in [2.45, 2.75) is 0 Å². The van der Waals surface area contributed by atoms with Crippen LogP contribution >= 0.6 is 0 Å². The number of ether oxygens (including phenoxy) is 1. The molecule has 0 aromatic carbocycles. The van der Waals surface area contributed by atoms with Crippen LogP contribution in [0.15, 0.2) is 12.4 Å². The van der Waals surface area contributed by atoms with E-state index < -0.39 is 6.03 Å². The van der Waals surface area contributed by atoms with Crippen molar-refractivity contribution in [3.05, 3.63) is 12.4 Å². The standard InChI is InChI=1S/C7H8N4O2/c8-7(12)11-3-4-13-6-5(11)9-1-2-10-6/h1-2H,3-4H2,(H2,8,12). The van der Waals surface area contributed by atoms with Gasteiger partial charge in [0, 0.05) is 12.4 Å². The first-order valence-electron chi connectivity index (χ1n) is 3.80. The summed E-state index contributed by atoms with van der Waals surface area (Å²) in [6.45, 7) is 0.815. The first kappa shape index (κ1) is 7.78. The van der Waals surface area contributed by atoms with Crippen LogP contribution in [0.3, 0.4) is 0 Å². The molecule has 0 atom stereocenters. The number of carbonyl (C=O) groups is 1. The molecular weight excluding hydrogens is 172 g/mol. The molecular formula is C7H8N4O2. The fourth-order valence-corrected chi connectivity index (χ4v) is 1.16. The van der Waals surface area contributed by atoms with Crippen molar-refractivity contribution in [1.29, 1.82) is 0 Å². The van der Waals surface area contributed by atoms with Crippen LogP contribution in [0, 0.1) is 0 Å². The molecule has 2 heterocycles. The molecule has 6 nitrogen and oxygen atoms in total. The van der Waals surface area contributed by atoms with Gasteiger partial charge in [-0.05, 0) is 0 Å². The third-order valence-corrected chi connectivity index (χ3v) is 1.72. The molecule has 1 aliphatic heterocycles. The quantitative estimate of drug-likeness (QED) is 0.597. The van der Waals surface area contributed by atoms with E-state index in [0.717, 1.165) is 0 Å². The van der Waals surface area contributed by atoms with E-state index in [4.69, 9.17) is 10.5 Å². The summed E-state index contributed by atoms with van der Waals surface area (Å²) in [4.78, 5) is 20.2. The predicted molar refractivity (Wildman–Crippen MR) is 44.5 cm³/mol. The highest BCUT2D eigenvalue weighted by Gasteiger charge is 2.23. The molecule has 1 aromatic heterocycles. The summed E-state index contributed by atoms with van der Waals surface area (Å²) in [5, 5.41) is 0. The highest BCUT2D eigenvalue weighted by atomic mass is 16.5. The van der Waals surface area contributed by atoms with Crippen LogP contribution in [0.4, 0.5) is 10.6 Å². The lowest BCUT2D eigenvalue weighted by Crippen LogP contribution is -2.42. The molecule has 6 heteroatoms. The number of amides is 2. The Bertz CT molecular complexity index is 341. The molecule has 0 spiro atoms. The van der Waals surface area contributed by atoms with Crippen LogP contribution < -0.4 is 15.4 Å². The lowest BCUT2D eigenvalue weighted by molar-refractivity contribution is 0.245. The van der Waals surface area contributed by atoms with Gasteiger partial charge in [-0.1, -0.05) is 0 Å². The van der Waals surface area contributed by atoms with Gasteiger partial charge in [-0.2, -0.15) is 0 Å². The average molecular weight is 180 g/mol. The molecule has 68 valence electrons. The van der Waals surface area contributed by atoms with E-state index in [1.807, 2.05) is 0 Å². The van der Waals surface area contributed by atoms with Crippen LogP contribution in [-0.4, -0.2) is 29.2 Å². The first-order valence-corrected chi connectivity index (χ1v) is 3.80. The highest BCUT2D eigenvalue weighted by Crippen LogP contribution is 2.25. The summed E-state index contributed by atoms with van der Waals surface area (Å²) in [6.07, 6.45) is 2.99. The number of rotatable bonds is 0. The zero-order chi connectivity index (χ0) is 9.26. The Hall–Kier alpha value is -1.85. The number of nitrogens with two attached hydrogens (primary N) is 1. The number of anilines is 1. The molecule has 1 aromatic rings. The van der Waals surface area contributed by atoms with Gasteiger partial charge in [0.25, 0.3) is 5.88 Å². The second-order valence-corrected chi connectivity index (χ2v) is 2.52. The van der Waals surface area contributed by atoms with Crippen molar-refractivity contribution in [1.82, 2.24) is 9.97 Å². The molecule has 0 saturated carbocycles. The average Bonchev–Trinajstić information content (AvgIpc) is 2.17. The first-order chi connectivity index (χ1) is 6.29. The van der Waals surface area contributed by atoms with Gasteiger partial charge in [-0.15, -0.1) is 0 Å². The third kappa shape index (κ3) is 1.26. The molecule has 0 bridgehead atoms. The molecule has 13 heavy (non-hydrogen) atoms. The van der Waals surface area contributed by atoms with Crippen molar-refractivity contribution in [2.75, 3.05) is 18.1 Å². The number of carbonyl (C=O) groups excluding carboxylic acids is 1. The Morgan fingerprint density at radius 2 is 2.31 bits per heavy atom. The van der Waals surface area contributed by atoms with Gasteiger partial charge in [-0.25, -0.2) is 14.8 Å². The summed E-state index contributed by atoms with van der Waals surface area (Å²) in [7, 11) is 0. The highest BCUT2D eigenvalue weighted by molar-refractivity contribution is 5.91. The Kier molecular flexibility index (Phi) is 1.73. The van der Waals surface area contributed by atoms with Crippen LogP contribution in [0.1, 0.15) is 0 Å². The minimum atomic E-state index is -0.537. The largest absolute Gasteiger partial charge is 0.473 e. The van der Waals surface area contributed by atoms with Crippen LogP contribution in [0.5, 0.6) is 5.88 Å². The summed E-state index contributed by atoms with van der Waals surface area (Å²) in [6, 6.07) is -0.537. The maximum absolute atomic E-state index is 10.9. The van der Waals surface area contributed by atoms with E-state index in [9.17, 15) is 4.79 Å². The van der Waals surface area contributed by atoms with Gasteiger partial charge in [0.15, 0.2) is 5.82 Å². The molecule has 0 saturated heterocycles. The zero-order valence-electron chi connectivity index (χ0n) is 6.80. The van der Waals surface area contributed by atoms with E-state index in [-0.39, 0.29) is 0 Å². The monoisotopic (exact) mass is 180 g/mol. The lowest BCUT2D eigenvalue weighted by atomic mass is 10.4. The van der Waals surface area contributed by atoms with Gasteiger partial charge in [0.05, 0.1) is 6.54 Å². The number of fused-ring (bicyclic) bond motifs is 1. The maximum atomic E-state index is 10.9. The van der Waals surface area contributed by atoms with Crippen molar-refractivity contribution < 1.29 is 9.53 Å². The van der Waals surface area contributed by atoms with Crippen LogP contribution in [0.2, 0.25) is 0 Å². The van der Waals surface area contributed by atoms with Crippen LogP contribution in [0.25, 0.3) is 0 Å². The lowest BCUT2D eigenvalue weighted by Gasteiger charge is -2.25. The molecule has 0 unspecified atom stereocenters. The van der Waals surface area contributed by atoms with Crippen LogP contribution in [-0.2, 0) is 0 Å². The van der Waals surface area contributed by atoms with E-state index in [2.05, 4.69) is 9.97 Å². The molecule has 0 aliphatic carbocycles. The Morgan fingerprint density at radius 3 is 3.08 bits per heavy atom. The summed E-state index contributed by atoms with van der Waals surface area (Å²) >= 11 is 0. The van der Waals surface area contributed by atoms with Crippen molar-refractivity contribution in [3.8, 4) is 5.88 Å². The second-order valence-electron chi connectivity index (χ2n) is 2.52. The van der Waals surface area contributed by atoms with Gasteiger partial charge >= 0.3 is 6.03 Å². The summed E-state index contributed by atoms with van der Waals surface area (Å²) < 4.78 is 5.18. The Balaban J connectivity index is 2.42. The Morgan fingerprint density at radius 1 is 1.54 bits per heavy atom. The SMILES string of the molecule is NC(=O)N1CCOc2nccnc21. The van der Waals surface area contributed by atoms with Crippen molar-refractivity contribution in [3.63, 3.8) is 0 Å². The smallest absolute Gasteiger partial charge is 0.320 e. The molecule has 2 N–H and O–H groups in total. The predicted octanol–water partition coefficient (Wildman–Crippen LogP) is -0.246. The topological polar surface area (TPSA) is 81.3 Å². The van der Waals surface area contributed by atoms with Crippen molar-refractivity contribution in [2.24, 2.45) is 5.73 Å². The van der Waals surface area contributed by atoms with E-state index in [1.165, 1.54) is 17.3 Å². The Labute approximate surface area is 74.3 Å². The second kappa shape index (κ2) is 2.89. The van der Waals surface area contributed by atoms with Gasteiger partial charge in [0.1, 0.15) is 6.61 Å². The number of urea groups is 1. The van der Waals surface area contributed by atoms with E-state index in [0.29, 0.717) is 24.8 Å². The number of primary amides is 1. The third-order valence-electron chi connectivity index (χ3n) is 1.72. The zero-order valence-corrected chi connectivity index (χ0v) is 6.80. The van der Waals surface area contributed by atoms with Gasteiger partial charge < -0.3 is 10.5 Å². The molecule has 0 radical (unpaired) electrons. The normalized spacial score (nSPS) is 14.6. The minimum absolute atomic E-state index is 0.354. The molecule has 0 fully saturated rings. The molecule has 2 amide bonds. The summed E-state index contributed by atoms with van der Waals surface area (Å²) in [5.41, 5.74) is 5.15. The molecule has 1 aliphatic rings. The molecule has 2 rings (SSSR count). The number of nitrogens with zero attached hydrogens (tertiary/aromatic N) is 3. The van der Waals surface area contributed by atoms with E-state index >= 15 is 0 Å². The van der Waals surface area contributed by atoms with Crippen molar-refractivity contribution >= 4 is 11.8 Å². The number of hydrogen-bond donors (Lipinski definition) is 1. The summed E-state index contributed by atoms with van der Waals surface area (Å²) in [5.74, 6) is 0.744.